The highest BCUT2D eigenvalue weighted by Gasteiger charge is 2.22. The molecule has 0 saturated heterocycles. The van der Waals surface area contributed by atoms with Crippen molar-refractivity contribution in [3.05, 3.63) is 30.1 Å². The fraction of sp³-hybridized carbons (Fsp3) is 0.250. The minimum atomic E-state index is -1.41. The first-order chi connectivity index (χ1) is 9.38. The van der Waals surface area contributed by atoms with Gasteiger partial charge in [-0.15, -0.1) is 0 Å². The van der Waals surface area contributed by atoms with Crippen molar-refractivity contribution >= 4 is 17.8 Å². The summed E-state index contributed by atoms with van der Waals surface area (Å²) >= 11 is 0. The van der Waals surface area contributed by atoms with Gasteiger partial charge in [0, 0.05) is 0 Å². The number of rotatable bonds is 7. The van der Waals surface area contributed by atoms with Crippen LogP contribution in [0.25, 0.3) is 0 Å². The lowest BCUT2D eigenvalue weighted by Crippen LogP contribution is -2.45. The lowest BCUT2D eigenvalue weighted by molar-refractivity contribution is -0.143. The van der Waals surface area contributed by atoms with E-state index in [1.54, 1.807) is 0 Å². The molecule has 7 nitrogen and oxygen atoms in total. The number of hydrogen-bond acceptors (Lipinski definition) is 4. The van der Waals surface area contributed by atoms with Crippen molar-refractivity contribution in [2.75, 3.05) is 6.61 Å². The first-order valence-electron chi connectivity index (χ1n) is 5.57. The number of nitrogens with two attached hydrogens (primary N) is 1. The maximum atomic E-state index is 12.6. The van der Waals surface area contributed by atoms with Crippen LogP contribution in [-0.4, -0.2) is 35.5 Å². The summed E-state index contributed by atoms with van der Waals surface area (Å²) in [6.07, 6.45) is -0.516. The van der Waals surface area contributed by atoms with Crippen LogP contribution in [0.2, 0.25) is 0 Å². The van der Waals surface area contributed by atoms with Crippen LogP contribution in [0, 0.1) is 5.82 Å². The highest BCUT2D eigenvalue weighted by molar-refractivity contribution is 5.88. The molecule has 0 fully saturated rings. The second kappa shape index (κ2) is 7.07. The van der Waals surface area contributed by atoms with E-state index >= 15 is 0 Å². The third-order valence-electron chi connectivity index (χ3n) is 2.22. The summed E-state index contributed by atoms with van der Waals surface area (Å²) in [5.41, 5.74) is 4.87. The minimum Gasteiger partial charge on any atom is -0.484 e. The Labute approximate surface area is 113 Å². The number of carbonyl (C=O) groups is 3. The Balaban J connectivity index is 2.47. The lowest BCUT2D eigenvalue weighted by atomic mass is 10.2. The predicted octanol–water partition coefficient (Wildman–Crippen LogP) is -0.351. The van der Waals surface area contributed by atoms with Crippen LogP contribution in [0.5, 0.6) is 5.75 Å². The van der Waals surface area contributed by atoms with Crippen LogP contribution in [0.3, 0.4) is 0 Å². The lowest BCUT2D eigenvalue weighted by Gasteiger charge is -2.13. The summed E-state index contributed by atoms with van der Waals surface area (Å²) in [5.74, 6) is -3.16. The highest BCUT2D eigenvalue weighted by Crippen LogP contribution is 2.10. The fourth-order valence-corrected chi connectivity index (χ4v) is 1.32. The van der Waals surface area contributed by atoms with E-state index in [0.29, 0.717) is 0 Å². The highest BCUT2D eigenvalue weighted by atomic mass is 19.1. The zero-order valence-corrected chi connectivity index (χ0v) is 10.3. The first kappa shape index (κ1) is 15.4. The number of carboxylic acid groups (broad SMARTS) is 1. The summed E-state index contributed by atoms with van der Waals surface area (Å²) in [5, 5.41) is 10.9. The van der Waals surface area contributed by atoms with Crippen molar-refractivity contribution in [3.8, 4) is 5.75 Å². The van der Waals surface area contributed by atoms with Crippen molar-refractivity contribution < 1.29 is 28.6 Å². The molecule has 0 aliphatic carbocycles. The Bertz CT molecular complexity index is 503. The maximum Gasteiger partial charge on any atom is 0.326 e. The van der Waals surface area contributed by atoms with Crippen LogP contribution in [0.15, 0.2) is 24.3 Å². The quantitative estimate of drug-likeness (QED) is 0.632. The summed E-state index contributed by atoms with van der Waals surface area (Å²) < 4.78 is 17.6. The van der Waals surface area contributed by atoms with Gasteiger partial charge < -0.3 is 20.9 Å². The van der Waals surface area contributed by atoms with E-state index in [2.05, 4.69) is 5.32 Å². The second-order valence-corrected chi connectivity index (χ2v) is 3.87. The molecule has 1 rings (SSSR count). The number of hydrogen-bond donors (Lipinski definition) is 3. The number of benzene rings is 1. The summed E-state index contributed by atoms with van der Waals surface area (Å²) in [6, 6.07) is 3.54. The Morgan fingerprint density at radius 1 is 1.30 bits per heavy atom. The molecule has 0 aliphatic rings. The van der Waals surface area contributed by atoms with Gasteiger partial charge in [0.05, 0.1) is 6.42 Å². The van der Waals surface area contributed by atoms with Crippen LogP contribution in [0.4, 0.5) is 4.39 Å². The molecule has 0 aromatic heterocycles. The Kier molecular flexibility index (Phi) is 5.45. The standard InChI is InChI=1S/C12H13FN2O5/c13-7-1-3-8(4-2-7)20-6-11(17)15-9(12(18)19)5-10(14)16/h1-4,9H,5-6H2,(H2,14,16)(H,15,17)(H,18,19)/t9-/m0/s1. The van der Waals surface area contributed by atoms with Gasteiger partial charge in [-0.25, -0.2) is 9.18 Å². The van der Waals surface area contributed by atoms with Gasteiger partial charge in [-0.2, -0.15) is 0 Å². The van der Waals surface area contributed by atoms with E-state index < -0.39 is 42.7 Å². The Morgan fingerprint density at radius 2 is 1.90 bits per heavy atom. The number of halogens is 1. The third kappa shape index (κ3) is 5.34. The Morgan fingerprint density at radius 3 is 2.40 bits per heavy atom. The Hall–Kier alpha value is -2.64. The molecule has 2 amide bonds. The zero-order chi connectivity index (χ0) is 15.1. The van der Waals surface area contributed by atoms with Gasteiger partial charge in [-0.1, -0.05) is 0 Å². The van der Waals surface area contributed by atoms with Gasteiger partial charge in [0.1, 0.15) is 17.6 Å². The molecular formula is C12H13FN2O5. The number of carbonyl (C=O) groups excluding carboxylic acids is 2. The second-order valence-electron chi connectivity index (χ2n) is 3.87. The third-order valence-corrected chi connectivity index (χ3v) is 2.22. The zero-order valence-electron chi connectivity index (χ0n) is 10.3. The van der Waals surface area contributed by atoms with Gasteiger partial charge in [0.15, 0.2) is 6.61 Å². The minimum absolute atomic E-state index is 0.253. The van der Waals surface area contributed by atoms with Gasteiger partial charge in [-0.05, 0) is 24.3 Å². The van der Waals surface area contributed by atoms with E-state index in [-0.39, 0.29) is 5.75 Å². The van der Waals surface area contributed by atoms with E-state index in [9.17, 15) is 18.8 Å². The average Bonchev–Trinajstić information content (AvgIpc) is 2.36. The molecule has 0 radical (unpaired) electrons. The van der Waals surface area contributed by atoms with Crippen LogP contribution in [0.1, 0.15) is 6.42 Å². The molecule has 0 aliphatic heterocycles. The molecule has 1 atom stereocenters. The van der Waals surface area contributed by atoms with Gasteiger partial charge in [0.25, 0.3) is 5.91 Å². The van der Waals surface area contributed by atoms with Crippen molar-refractivity contribution in [2.24, 2.45) is 5.73 Å². The molecule has 0 bridgehead atoms. The molecular weight excluding hydrogens is 271 g/mol. The molecule has 0 spiro atoms. The van der Waals surface area contributed by atoms with Gasteiger partial charge in [-0.3, -0.25) is 9.59 Å². The summed E-state index contributed by atoms with van der Waals surface area (Å²) in [6.45, 7) is -0.464. The van der Waals surface area contributed by atoms with E-state index in [4.69, 9.17) is 15.6 Å². The van der Waals surface area contributed by atoms with E-state index in [1.165, 1.54) is 12.1 Å². The van der Waals surface area contributed by atoms with Gasteiger partial charge >= 0.3 is 5.97 Å². The van der Waals surface area contributed by atoms with Crippen molar-refractivity contribution in [2.45, 2.75) is 12.5 Å². The molecule has 4 N–H and O–H groups in total. The molecule has 20 heavy (non-hydrogen) atoms. The molecule has 1 aromatic rings. The molecule has 8 heteroatoms. The number of amides is 2. The normalized spacial score (nSPS) is 11.4. The fourth-order valence-electron chi connectivity index (χ4n) is 1.32. The molecule has 0 saturated carbocycles. The predicted molar refractivity (Wildman–Crippen MR) is 65.3 cm³/mol. The van der Waals surface area contributed by atoms with Crippen LogP contribution >= 0.6 is 0 Å². The smallest absolute Gasteiger partial charge is 0.326 e. The molecule has 108 valence electrons. The van der Waals surface area contributed by atoms with Gasteiger partial charge in [0.2, 0.25) is 5.91 Å². The molecule has 1 aromatic carbocycles. The van der Waals surface area contributed by atoms with E-state index in [1.807, 2.05) is 0 Å². The number of aliphatic carboxylic acids is 1. The molecule has 0 unspecified atom stereocenters. The van der Waals surface area contributed by atoms with Crippen molar-refractivity contribution in [1.82, 2.24) is 5.32 Å². The number of nitrogens with one attached hydrogen (secondary N) is 1. The SMILES string of the molecule is NC(=O)C[C@H](NC(=O)COc1ccc(F)cc1)C(=O)O. The van der Waals surface area contributed by atoms with Crippen molar-refractivity contribution in [3.63, 3.8) is 0 Å². The first-order valence-corrected chi connectivity index (χ1v) is 5.57. The topological polar surface area (TPSA) is 119 Å². The maximum absolute atomic E-state index is 12.6. The van der Waals surface area contributed by atoms with Crippen LogP contribution < -0.4 is 15.8 Å². The van der Waals surface area contributed by atoms with Crippen molar-refractivity contribution in [1.29, 1.82) is 0 Å². The van der Waals surface area contributed by atoms with E-state index in [0.717, 1.165) is 12.1 Å². The number of carboxylic acids is 1. The number of primary amides is 1. The summed E-state index contributed by atoms with van der Waals surface area (Å²) in [4.78, 5) is 32.9. The average molecular weight is 284 g/mol. The van der Waals surface area contributed by atoms with Crippen LogP contribution in [-0.2, 0) is 14.4 Å². The number of ether oxygens (including phenoxy) is 1. The molecule has 0 heterocycles. The summed E-state index contributed by atoms with van der Waals surface area (Å²) in [7, 11) is 0. The largest absolute Gasteiger partial charge is 0.484 e. The monoisotopic (exact) mass is 284 g/mol.